The molecule has 4 heterocycles. The van der Waals surface area contributed by atoms with Crippen molar-refractivity contribution in [3.8, 4) is 6.01 Å². The Labute approximate surface area is 227 Å². The zero-order valence-corrected chi connectivity index (χ0v) is 23.5. The minimum atomic E-state index is -0.0271. The summed E-state index contributed by atoms with van der Waals surface area (Å²) in [6.07, 6.45) is 4.38. The van der Waals surface area contributed by atoms with Gasteiger partial charge in [0.25, 0.3) is 0 Å². The van der Waals surface area contributed by atoms with Crippen LogP contribution in [-0.2, 0) is 13.0 Å². The molecule has 3 aliphatic rings. The lowest BCUT2D eigenvalue weighted by Crippen LogP contribution is -2.59. The number of nitrogens with zero attached hydrogens (tertiary/aromatic N) is 5. The summed E-state index contributed by atoms with van der Waals surface area (Å²) in [5, 5.41) is 6.13. The highest BCUT2D eigenvalue weighted by Crippen LogP contribution is 2.37. The number of hydrogen-bond donors (Lipinski definition) is 1. The molecule has 6 rings (SSSR count). The lowest BCUT2D eigenvalue weighted by molar-refractivity contribution is 0.0875. The Bertz CT molecular complexity index is 1300. The molecule has 2 aromatic carbocycles. The van der Waals surface area contributed by atoms with Crippen molar-refractivity contribution >= 4 is 22.3 Å². The topological polar surface area (TPSA) is 56.8 Å². The number of benzene rings is 2. The Hall–Kier alpha value is -2.90. The number of fused-ring (bicyclic) bond motifs is 2. The van der Waals surface area contributed by atoms with Crippen LogP contribution in [-0.4, -0.2) is 72.3 Å². The third-order valence-electron chi connectivity index (χ3n) is 9.26. The fraction of sp³-hybridized carbons (Fsp3) is 0.548. The molecule has 1 aromatic heterocycles. The monoisotopic (exact) mass is 514 g/mol. The SMILES string of the molecule is CC[C@@]1(COc2nc3c(c(N4CCNCC4(C)C)n2)CCN(c2cccc4ccccc24)C3)CCCN1C. The van der Waals surface area contributed by atoms with E-state index >= 15 is 0 Å². The Balaban J connectivity index is 1.37. The van der Waals surface area contributed by atoms with Crippen molar-refractivity contribution in [1.82, 2.24) is 20.2 Å². The quantitative estimate of drug-likeness (QED) is 0.515. The van der Waals surface area contributed by atoms with Gasteiger partial charge in [-0.05, 0) is 64.6 Å². The smallest absolute Gasteiger partial charge is 0.318 e. The van der Waals surface area contributed by atoms with E-state index in [0.29, 0.717) is 12.6 Å². The van der Waals surface area contributed by atoms with Crippen LogP contribution in [0.4, 0.5) is 11.5 Å². The molecule has 0 saturated carbocycles. The van der Waals surface area contributed by atoms with Crippen LogP contribution in [0, 0.1) is 0 Å². The highest BCUT2D eigenvalue weighted by molar-refractivity contribution is 5.94. The fourth-order valence-electron chi connectivity index (χ4n) is 6.75. The second-order valence-corrected chi connectivity index (χ2v) is 12.0. The summed E-state index contributed by atoms with van der Waals surface area (Å²) in [6, 6.07) is 15.8. The van der Waals surface area contributed by atoms with Crippen molar-refractivity contribution in [3.05, 3.63) is 53.7 Å². The summed E-state index contributed by atoms with van der Waals surface area (Å²) in [5.41, 5.74) is 3.70. The molecule has 0 radical (unpaired) electrons. The van der Waals surface area contributed by atoms with Crippen LogP contribution in [0.25, 0.3) is 10.8 Å². The van der Waals surface area contributed by atoms with Gasteiger partial charge in [0, 0.05) is 48.4 Å². The summed E-state index contributed by atoms with van der Waals surface area (Å²) in [4.78, 5) is 17.7. The molecule has 7 heteroatoms. The van der Waals surface area contributed by atoms with Crippen LogP contribution in [0.5, 0.6) is 6.01 Å². The Morgan fingerprint density at radius 3 is 2.66 bits per heavy atom. The van der Waals surface area contributed by atoms with E-state index < -0.39 is 0 Å². The Morgan fingerprint density at radius 2 is 1.87 bits per heavy atom. The molecule has 0 aliphatic carbocycles. The van der Waals surface area contributed by atoms with Gasteiger partial charge in [-0.2, -0.15) is 9.97 Å². The lowest BCUT2D eigenvalue weighted by Gasteiger charge is -2.45. The van der Waals surface area contributed by atoms with Gasteiger partial charge in [0.2, 0.25) is 0 Å². The molecular formula is C31H42N6O. The highest BCUT2D eigenvalue weighted by atomic mass is 16.5. The van der Waals surface area contributed by atoms with Gasteiger partial charge < -0.3 is 19.9 Å². The Kier molecular flexibility index (Phi) is 6.68. The van der Waals surface area contributed by atoms with Crippen molar-refractivity contribution in [2.24, 2.45) is 0 Å². The number of rotatable bonds is 6. The minimum absolute atomic E-state index is 0.0271. The van der Waals surface area contributed by atoms with Crippen molar-refractivity contribution in [2.75, 3.05) is 56.2 Å². The fourth-order valence-corrected chi connectivity index (χ4v) is 6.75. The van der Waals surface area contributed by atoms with E-state index in [1.165, 1.54) is 28.4 Å². The first-order valence-electron chi connectivity index (χ1n) is 14.4. The maximum atomic E-state index is 6.51. The molecule has 202 valence electrons. The first-order chi connectivity index (χ1) is 18.4. The number of nitrogens with one attached hydrogen (secondary N) is 1. The summed E-state index contributed by atoms with van der Waals surface area (Å²) in [6.45, 7) is 13.2. The zero-order valence-electron chi connectivity index (χ0n) is 23.5. The number of piperazine rings is 1. The molecule has 2 saturated heterocycles. The minimum Gasteiger partial charge on any atom is -0.461 e. The molecule has 3 aromatic rings. The highest BCUT2D eigenvalue weighted by Gasteiger charge is 2.39. The average molecular weight is 515 g/mol. The van der Waals surface area contributed by atoms with Gasteiger partial charge in [-0.25, -0.2) is 0 Å². The van der Waals surface area contributed by atoms with Crippen LogP contribution >= 0.6 is 0 Å². The van der Waals surface area contributed by atoms with Gasteiger partial charge in [-0.1, -0.05) is 43.3 Å². The third kappa shape index (κ3) is 4.50. The van der Waals surface area contributed by atoms with E-state index in [1.54, 1.807) is 0 Å². The number of likely N-dealkylation sites (tertiary alicyclic amines) is 1. The van der Waals surface area contributed by atoms with Crippen LogP contribution in [0.15, 0.2) is 42.5 Å². The summed E-state index contributed by atoms with van der Waals surface area (Å²) in [7, 11) is 2.23. The lowest BCUT2D eigenvalue weighted by atomic mass is 9.94. The van der Waals surface area contributed by atoms with Gasteiger partial charge >= 0.3 is 6.01 Å². The van der Waals surface area contributed by atoms with Gasteiger partial charge in [-0.15, -0.1) is 0 Å². The second kappa shape index (κ2) is 10.0. The molecule has 1 N–H and O–H groups in total. The predicted molar refractivity (Wildman–Crippen MR) is 155 cm³/mol. The predicted octanol–water partition coefficient (Wildman–Crippen LogP) is 4.63. The van der Waals surface area contributed by atoms with Crippen LogP contribution < -0.4 is 19.9 Å². The number of likely N-dealkylation sites (N-methyl/N-ethyl adjacent to an activating group) is 1. The molecule has 2 fully saturated rings. The molecule has 1 atom stereocenters. The van der Waals surface area contributed by atoms with Crippen molar-refractivity contribution in [1.29, 1.82) is 0 Å². The van der Waals surface area contributed by atoms with Crippen LogP contribution in [0.2, 0.25) is 0 Å². The molecule has 0 spiro atoms. The van der Waals surface area contributed by atoms with E-state index in [-0.39, 0.29) is 11.1 Å². The first kappa shape index (κ1) is 25.4. The maximum Gasteiger partial charge on any atom is 0.318 e. The zero-order chi connectivity index (χ0) is 26.3. The third-order valence-corrected chi connectivity index (χ3v) is 9.26. The molecule has 0 unspecified atom stereocenters. The number of hydrogen-bond acceptors (Lipinski definition) is 7. The van der Waals surface area contributed by atoms with Gasteiger partial charge in [0.15, 0.2) is 0 Å². The number of aromatic nitrogens is 2. The van der Waals surface area contributed by atoms with Crippen molar-refractivity contribution in [2.45, 2.75) is 64.1 Å². The standard InChI is InChI=1S/C31H42N6O/c1-5-31(15-9-17-35(31)4)22-38-29-33-26-20-36(27-13-8-11-23-10-6-7-12-24(23)27)18-14-25(26)28(34-29)37-19-16-32-21-30(37,2)3/h6-8,10-13,32H,5,9,14-22H2,1-4H3/t31-/m0/s1. The van der Waals surface area contributed by atoms with Crippen molar-refractivity contribution in [3.63, 3.8) is 0 Å². The first-order valence-corrected chi connectivity index (χ1v) is 14.4. The van der Waals surface area contributed by atoms with E-state index in [2.05, 4.69) is 90.3 Å². The van der Waals surface area contributed by atoms with E-state index in [4.69, 9.17) is 14.7 Å². The van der Waals surface area contributed by atoms with Crippen LogP contribution in [0.1, 0.15) is 51.3 Å². The normalized spacial score (nSPS) is 23.6. The number of anilines is 2. The summed E-state index contributed by atoms with van der Waals surface area (Å²) >= 11 is 0. The maximum absolute atomic E-state index is 6.51. The summed E-state index contributed by atoms with van der Waals surface area (Å²) in [5.74, 6) is 1.07. The molecule has 0 amide bonds. The molecule has 7 nitrogen and oxygen atoms in total. The largest absolute Gasteiger partial charge is 0.461 e. The Morgan fingerprint density at radius 1 is 1.03 bits per heavy atom. The summed E-state index contributed by atoms with van der Waals surface area (Å²) < 4.78 is 6.51. The number of ether oxygens (including phenoxy) is 1. The van der Waals surface area contributed by atoms with E-state index in [1.807, 2.05) is 0 Å². The second-order valence-electron chi connectivity index (χ2n) is 12.0. The molecule has 38 heavy (non-hydrogen) atoms. The van der Waals surface area contributed by atoms with Crippen LogP contribution in [0.3, 0.4) is 0 Å². The van der Waals surface area contributed by atoms with Gasteiger partial charge in [-0.3, -0.25) is 4.90 Å². The van der Waals surface area contributed by atoms with Gasteiger partial charge in [0.05, 0.1) is 17.8 Å². The molecule has 3 aliphatic heterocycles. The molecule has 0 bridgehead atoms. The average Bonchev–Trinajstić information content (AvgIpc) is 3.31. The van der Waals surface area contributed by atoms with E-state index in [0.717, 1.165) is 70.0 Å². The van der Waals surface area contributed by atoms with Crippen molar-refractivity contribution < 1.29 is 4.74 Å². The van der Waals surface area contributed by atoms with Gasteiger partial charge in [0.1, 0.15) is 12.4 Å². The molecular weight excluding hydrogens is 472 g/mol. The van der Waals surface area contributed by atoms with E-state index in [9.17, 15) is 0 Å².